The van der Waals surface area contributed by atoms with Crippen LogP contribution < -0.4 is 0 Å². The average Bonchev–Trinajstić information content (AvgIpc) is 3.25. The number of benzene rings is 2. The standard InChI is InChI=1S/C24H20N4O/c1-17-12-18(2)28(26-17)24(29)20(14-25)13-21-16-27(15-19-8-4-3-5-9-19)23-11-7-6-10-22(21)23/h3-13,16H,15H2,1-2H3/b20-13+. The van der Waals surface area contributed by atoms with Crippen LogP contribution in [0.1, 0.15) is 27.3 Å². The van der Waals surface area contributed by atoms with Gasteiger partial charge in [-0.1, -0.05) is 48.5 Å². The summed E-state index contributed by atoms with van der Waals surface area (Å²) in [6.45, 7) is 4.34. The zero-order valence-corrected chi connectivity index (χ0v) is 16.3. The molecule has 0 bridgehead atoms. The molecule has 0 unspecified atom stereocenters. The summed E-state index contributed by atoms with van der Waals surface area (Å²) < 4.78 is 3.42. The second-order valence-electron chi connectivity index (χ2n) is 7.03. The van der Waals surface area contributed by atoms with E-state index in [-0.39, 0.29) is 5.57 Å². The van der Waals surface area contributed by atoms with Gasteiger partial charge in [0.05, 0.1) is 5.69 Å². The third-order valence-corrected chi connectivity index (χ3v) is 4.87. The van der Waals surface area contributed by atoms with Crippen LogP contribution in [-0.2, 0) is 6.54 Å². The van der Waals surface area contributed by atoms with Crippen LogP contribution in [0.5, 0.6) is 0 Å². The van der Waals surface area contributed by atoms with Gasteiger partial charge in [-0.25, -0.2) is 4.68 Å². The van der Waals surface area contributed by atoms with Crippen molar-refractivity contribution < 1.29 is 4.79 Å². The summed E-state index contributed by atoms with van der Waals surface area (Å²) >= 11 is 0. The van der Waals surface area contributed by atoms with E-state index in [9.17, 15) is 10.1 Å². The largest absolute Gasteiger partial charge is 0.342 e. The lowest BCUT2D eigenvalue weighted by atomic mass is 10.1. The van der Waals surface area contributed by atoms with Crippen LogP contribution in [0.25, 0.3) is 17.0 Å². The average molecular weight is 380 g/mol. The zero-order chi connectivity index (χ0) is 20.4. The number of carbonyl (C=O) groups is 1. The van der Waals surface area contributed by atoms with Gasteiger partial charge in [-0.3, -0.25) is 4.79 Å². The third-order valence-electron chi connectivity index (χ3n) is 4.87. The predicted molar refractivity (Wildman–Crippen MR) is 113 cm³/mol. The molecule has 4 rings (SSSR count). The Labute approximate surface area is 169 Å². The van der Waals surface area contributed by atoms with E-state index in [1.807, 2.05) is 61.7 Å². The highest BCUT2D eigenvalue weighted by Gasteiger charge is 2.17. The van der Waals surface area contributed by atoms with Crippen LogP contribution in [0.15, 0.2) is 72.4 Å². The van der Waals surface area contributed by atoms with Gasteiger partial charge < -0.3 is 4.57 Å². The van der Waals surface area contributed by atoms with E-state index in [1.165, 1.54) is 10.2 Å². The smallest absolute Gasteiger partial charge is 0.289 e. The van der Waals surface area contributed by atoms with Crippen molar-refractivity contribution in [3.63, 3.8) is 0 Å². The minimum Gasteiger partial charge on any atom is -0.342 e. The van der Waals surface area contributed by atoms with Crippen LogP contribution in [0.2, 0.25) is 0 Å². The Morgan fingerprint density at radius 1 is 1.10 bits per heavy atom. The van der Waals surface area contributed by atoms with Crippen molar-refractivity contribution in [2.45, 2.75) is 20.4 Å². The quantitative estimate of drug-likeness (QED) is 0.379. The molecule has 0 atom stereocenters. The topological polar surface area (TPSA) is 63.6 Å². The highest BCUT2D eigenvalue weighted by Crippen LogP contribution is 2.25. The van der Waals surface area contributed by atoms with Crippen LogP contribution in [0.4, 0.5) is 0 Å². The minimum atomic E-state index is -0.419. The Morgan fingerprint density at radius 3 is 2.52 bits per heavy atom. The maximum absolute atomic E-state index is 12.9. The lowest BCUT2D eigenvalue weighted by Crippen LogP contribution is -2.15. The van der Waals surface area contributed by atoms with Gasteiger partial charge in [-0.15, -0.1) is 0 Å². The van der Waals surface area contributed by atoms with Crippen molar-refractivity contribution in [1.82, 2.24) is 14.3 Å². The summed E-state index contributed by atoms with van der Waals surface area (Å²) in [6, 6.07) is 22.1. The molecule has 0 saturated carbocycles. The molecule has 2 heterocycles. The van der Waals surface area contributed by atoms with Crippen molar-refractivity contribution in [2.24, 2.45) is 0 Å². The van der Waals surface area contributed by atoms with E-state index in [4.69, 9.17) is 0 Å². The first-order chi connectivity index (χ1) is 14.1. The van der Waals surface area contributed by atoms with Crippen molar-refractivity contribution in [2.75, 3.05) is 0 Å². The summed E-state index contributed by atoms with van der Waals surface area (Å²) in [5.41, 5.74) is 4.58. The van der Waals surface area contributed by atoms with Gasteiger partial charge in [0.2, 0.25) is 0 Å². The Hall–Kier alpha value is -3.91. The monoisotopic (exact) mass is 380 g/mol. The van der Waals surface area contributed by atoms with E-state index in [1.54, 1.807) is 13.0 Å². The molecule has 0 aliphatic carbocycles. The number of rotatable bonds is 4. The summed E-state index contributed by atoms with van der Waals surface area (Å²) in [4.78, 5) is 12.9. The molecule has 2 aromatic carbocycles. The Morgan fingerprint density at radius 2 is 1.83 bits per heavy atom. The molecule has 0 fully saturated rings. The number of hydrogen-bond donors (Lipinski definition) is 0. The highest BCUT2D eigenvalue weighted by atomic mass is 16.2. The van der Waals surface area contributed by atoms with Crippen LogP contribution >= 0.6 is 0 Å². The first-order valence-electron chi connectivity index (χ1n) is 9.38. The molecule has 0 amide bonds. The van der Waals surface area contributed by atoms with E-state index in [0.29, 0.717) is 12.2 Å². The van der Waals surface area contributed by atoms with E-state index >= 15 is 0 Å². The summed E-state index contributed by atoms with van der Waals surface area (Å²) in [5.74, 6) is -0.419. The van der Waals surface area contributed by atoms with Crippen LogP contribution in [0, 0.1) is 25.2 Å². The Balaban J connectivity index is 1.78. The molecule has 0 aliphatic rings. The van der Waals surface area contributed by atoms with Crippen molar-refractivity contribution in [3.05, 3.63) is 94.9 Å². The lowest BCUT2D eigenvalue weighted by Gasteiger charge is -2.05. The molecule has 0 saturated heterocycles. The van der Waals surface area contributed by atoms with Gasteiger partial charge in [0.1, 0.15) is 11.6 Å². The fourth-order valence-corrected chi connectivity index (χ4v) is 3.55. The number of carbonyl (C=O) groups excluding carboxylic acids is 1. The zero-order valence-electron chi connectivity index (χ0n) is 16.3. The molecular formula is C24H20N4O. The molecule has 2 aromatic heterocycles. The predicted octanol–water partition coefficient (Wildman–Crippen LogP) is 4.75. The molecule has 5 heteroatoms. The number of nitrogens with zero attached hydrogens (tertiary/aromatic N) is 4. The van der Waals surface area contributed by atoms with Crippen molar-refractivity contribution in [1.29, 1.82) is 5.26 Å². The van der Waals surface area contributed by atoms with E-state index in [2.05, 4.69) is 27.9 Å². The highest BCUT2D eigenvalue weighted by molar-refractivity contribution is 6.05. The van der Waals surface area contributed by atoms with E-state index < -0.39 is 5.91 Å². The molecule has 142 valence electrons. The lowest BCUT2D eigenvalue weighted by molar-refractivity contribution is 0.0944. The second-order valence-corrected chi connectivity index (χ2v) is 7.03. The number of aryl methyl sites for hydroxylation is 2. The van der Waals surface area contributed by atoms with Gasteiger partial charge >= 0.3 is 0 Å². The molecule has 0 radical (unpaired) electrons. The molecule has 29 heavy (non-hydrogen) atoms. The summed E-state index contributed by atoms with van der Waals surface area (Å²) in [7, 11) is 0. The first kappa shape index (κ1) is 18.5. The second kappa shape index (κ2) is 7.61. The SMILES string of the molecule is Cc1cc(C)n(C(=O)/C(C#N)=C/c2cn(Cc3ccccc3)c3ccccc23)n1. The summed E-state index contributed by atoms with van der Waals surface area (Å²) in [6.07, 6.45) is 3.64. The third kappa shape index (κ3) is 3.61. The number of para-hydroxylation sites is 1. The summed E-state index contributed by atoms with van der Waals surface area (Å²) in [5, 5.41) is 14.9. The number of allylic oxidation sites excluding steroid dienone is 1. The Bertz CT molecular complexity index is 1270. The van der Waals surface area contributed by atoms with Gasteiger partial charge in [0.25, 0.3) is 5.91 Å². The fourth-order valence-electron chi connectivity index (χ4n) is 3.55. The van der Waals surface area contributed by atoms with Crippen LogP contribution in [-0.4, -0.2) is 20.3 Å². The molecule has 5 nitrogen and oxygen atoms in total. The van der Waals surface area contributed by atoms with Gasteiger partial charge in [-0.05, 0) is 37.6 Å². The molecule has 4 aromatic rings. The van der Waals surface area contributed by atoms with Gasteiger partial charge in [0, 0.05) is 34.9 Å². The fraction of sp³-hybridized carbons (Fsp3) is 0.125. The number of fused-ring (bicyclic) bond motifs is 1. The normalized spacial score (nSPS) is 11.6. The maximum Gasteiger partial charge on any atom is 0.289 e. The molecule has 0 aliphatic heterocycles. The minimum absolute atomic E-state index is 0.0545. The van der Waals surface area contributed by atoms with Crippen molar-refractivity contribution in [3.8, 4) is 6.07 Å². The van der Waals surface area contributed by atoms with E-state index in [0.717, 1.165) is 22.2 Å². The molecular weight excluding hydrogens is 360 g/mol. The molecule has 0 spiro atoms. The number of aromatic nitrogens is 3. The van der Waals surface area contributed by atoms with Crippen LogP contribution in [0.3, 0.4) is 0 Å². The van der Waals surface area contributed by atoms with Crippen molar-refractivity contribution >= 4 is 22.9 Å². The first-order valence-corrected chi connectivity index (χ1v) is 9.38. The molecule has 0 N–H and O–H groups in total. The number of hydrogen-bond acceptors (Lipinski definition) is 3. The number of nitriles is 1. The Kier molecular flexibility index (Phi) is 4.84. The van der Waals surface area contributed by atoms with Gasteiger partial charge in [-0.2, -0.15) is 10.4 Å². The maximum atomic E-state index is 12.9. The van der Waals surface area contributed by atoms with Gasteiger partial charge in [0.15, 0.2) is 0 Å².